The number of fused-ring (bicyclic) bond motifs is 6. The van der Waals surface area contributed by atoms with E-state index in [9.17, 15) is 5.11 Å². The standard InChI is InChI=1S/C17H21NO2.2C2H6.CH4/c1-10-7-14-11(2)18(9-10)6-5-13-15-8-12(19)3-4-16(15)20-17(13)14;2*1-2;/h3-4,8,10-11,14,19H,5-7,9H2,1-2H3;2*1-2H3;1H4. The molecule has 4 rings (SSSR count). The summed E-state index contributed by atoms with van der Waals surface area (Å²) in [4.78, 5) is 2.60. The number of phenolic OH excluding ortho intramolecular Hbond substituents is 1. The van der Waals surface area contributed by atoms with Crippen molar-refractivity contribution < 1.29 is 9.52 Å². The normalized spacial score (nSPS) is 26.8. The maximum atomic E-state index is 9.75. The smallest absolute Gasteiger partial charge is 0.134 e. The maximum Gasteiger partial charge on any atom is 0.134 e. The van der Waals surface area contributed by atoms with E-state index in [-0.39, 0.29) is 7.43 Å². The van der Waals surface area contributed by atoms with Gasteiger partial charge in [-0.15, -0.1) is 0 Å². The molecule has 0 radical (unpaired) electrons. The Morgan fingerprint density at radius 1 is 1.12 bits per heavy atom. The average molecular weight is 348 g/mol. The Kier molecular flexibility index (Phi) is 8.01. The van der Waals surface area contributed by atoms with Gasteiger partial charge in [0.15, 0.2) is 0 Å². The average Bonchev–Trinajstić information content (AvgIpc) is 2.93. The molecule has 4 atom stereocenters. The van der Waals surface area contributed by atoms with Gasteiger partial charge in [-0.1, -0.05) is 42.0 Å². The highest BCUT2D eigenvalue weighted by molar-refractivity contribution is 5.84. The zero-order chi connectivity index (χ0) is 17.9. The van der Waals surface area contributed by atoms with Crippen molar-refractivity contribution in [1.82, 2.24) is 4.90 Å². The molecular weight excluding hydrogens is 310 g/mol. The minimum absolute atomic E-state index is 0. The number of nitrogens with zero attached hydrogens (tertiary/aromatic N) is 1. The van der Waals surface area contributed by atoms with Gasteiger partial charge in [-0.3, -0.25) is 4.90 Å². The molecule has 1 aromatic heterocycles. The van der Waals surface area contributed by atoms with E-state index >= 15 is 0 Å². The molecule has 2 bridgehead atoms. The molecule has 142 valence electrons. The molecule has 0 amide bonds. The first-order valence-electron chi connectivity index (χ1n) is 9.62. The first-order chi connectivity index (χ1) is 11.6. The molecule has 1 N–H and O–H groups in total. The van der Waals surface area contributed by atoms with E-state index < -0.39 is 0 Å². The van der Waals surface area contributed by atoms with Gasteiger partial charge in [0.25, 0.3) is 0 Å². The van der Waals surface area contributed by atoms with Crippen LogP contribution in [0, 0.1) is 5.92 Å². The molecule has 1 saturated heterocycles. The summed E-state index contributed by atoms with van der Waals surface area (Å²) in [6, 6.07) is 6.02. The van der Waals surface area contributed by atoms with Gasteiger partial charge in [0.05, 0.1) is 0 Å². The Morgan fingerprint density at radius 3 is 2.48 bits per heavy atom. The fourth-order valence-corrected chi connectivity index (χ4v) is 4.12. The van der Waals surface area contributed by atoms with Crippen LogP contribution in [0.15, 0.2) is 22.6 Å². The zero-order valence-electron chi connectivity index (χ0n) is 16.1. The summed E-state index contributed by atoms with van der Waals surface area (Å²) in [5.74, 6) is 2.72. The van der Waals surface area contributed by atoms with E-state index in [2.05, 4.69) is 18.7 Å². The highest BCUT2D eigenvalue weighted by Gasteiger charge is 2.38. The summed E-state index contributed by atoms with van der Waals surface area (Å²) in [5, 5.41) is 10.9. The van der Waals surface area contributed by atoms with Crippen molar-refractivity contribution in [1.29, 1.82) is 0 Å². The first-order valence-corrected chi connectivity index (χ1v) is 9.62. The fourth-order valence-electron chi connectivity index (χ4n) is 4.12. The summed E-state index contributed by atoms with van der Waals surface area (Å²) in [7, 11) is 0. The van der Waals surface area contributed by atoms with Crippen LogP contribution in [0.4, 0.5) is 0 Å². The van der Waals surface area contributed by atoms with E-state index in [4.69, 9.17) is 4.42 Å². The maximum absolute atomic E-state index is 9.75. The fraction of sp³-hybridized carbons (Fsp3) is 0.636. The van der Waals surface area contributed by atoms with Gasteiger partial charge in [-0.05, 0) is 43.9 Å². The summed E-state index contributed by atoms with van der Waals surface area (Å²) >= 11 is 0. The Labute approximate surface area is 154 Å². The van der Waals surface area contributed by atoms with E-state index in [1.165, 1.54) is 24.3 Å². The van der Waals surface area contributed by atoms with Crippen molar-refractivity contribution in [2.45, 2.75) is 73.8 Å². The molecule has 1 aromatic carbocycles. The third-order valence-corrected chi connectivity index (χ3v) is 5.15. The number of benzene rings is 1. The van der Waals surface area contributed by atoms with Gasteiger partial charge in [0, 0.05) is 36.0 Å². The molecule has 3 heterocycles. The molecule has 2 aromatic rings. The number of phenols is 1. The highest BCUT2D eigenvalue weighted by Crippen LogP contribution is 2.43. The van der Waals surface area contributed by atoms with Gasteiger partial charge in [-0.25, -0.2) is 0 Å². The molecule has 2 aliphatic rings. The number of piperidine rings is 1. The number of hydrogen-bond acceptors (Lipinski definition) is 3. The lowest BCUT2D eigenvalue weighted by Gasteiger charge is -2.40. The lowest BCUT2D eigenvalue weighted by Crippen LogP contribution is -2.44. The molecule has 1 fully saturated rings. The van der Waals surface area contributed by atoms with Crippen LogP contribution in [0.3, 0.4) is 0 Å². The quantitative estimate of drug-likeness (QED) is 0.616. The molecule has 0 saturated carbocycles. The van der Waals surface area contributed by atoms with Gasteiger partial charge in [-0.2, -0.15) is 0 Å². The minimum Gasteiger partial charge on any atom is -0.508 e. The van der Waals surface area contributed by atoms with Crippen LogP contribution in [-0.2, 0) is 6.42 Å². The first kappa shape index (κ1) is 21.6. The Bertz CT molecular complexity index is 661. The second-order valence-corrected chi connectivity index (χ2v) is 6.56. The molecular formula is C22H37NO2. The van der Waals surface area contributed by atoms with Crippen molar-refractivity contribution in [2.24, 2.45) is 5.92 Å². The van der Waals surface area contributed by atoms with Gasteiger partial charge in [0.2, 0.25) is 0 Å². The molecule has 4 unspecified atom stereocenters. The summed E-state index contributed by atoms with van der Waals surface area (Å²) in [6.45, 7) is 15.0. The van der Waals surface area contributed by atoms with E-state index in [0.29, 0.717) is 17.7 Å². The lowest BCUT2D eigenvalue weighted by atomic mass is 9.83. The van der Waals surface area contributed by atoms with Crippen LogP contribution in [0.2, 0.25) is 0 Å². The highest BCUT2D eigenvalue weighted by atomic mass is 16.3. The van der Waals surface area contributed by atoms with Crippen LogP contribution in [0.1, 0.15) is 72.6 Å². The monoisotopic (exact) mass is 347 g/mol. The minimum atomic E-state index is 0. The molecule has 25 heavy (non-hydrogen) atoms. The summed E-state index contributed by atoms with van der Waals surface area (Å²) < 4.78 is 6.19. The molecule has 3 heteroatoms. The van der Waals surface area contributed by atoms with Crippen molar-refractivity contribution >= 4 is 11.0 Å². The molecule has 0 aliphatic carbocycles. The number of hydrogen-bond donors (Lipinski definition) is 1. The second-order valence-electron chi connectivity index (χ2n) is 6.56. The SMILES string of the molecule is C.CC.CC.CC1CC2c3oc4ccc(O)cc4c3CCN(C1)C2C. The third kappa shape index (κ3) is 4.03. The summed E-state index contributed by atoms with van der Waals surface area (Å²) in [5.41, 5.74) is 2.25. The topological polar surface area (TPSA) is 36.6 Å². The van der Waals surface area contributed by atoms with E-state index in [1.54, 1.807) is 6.07 Å². The van der Waals surface area contributed by atoms with Crippen molar-refractivity contribution in [2.75, 3.05) is 13.1 Å². The molecule has 3 nitrogen and oxygen atoms in total. The lowest BCUT2D eigenvalue weighted by molar-refractivity contribution is 0.105. The Morgan fingerprint density at radius 2 is 1.80 bits per heavy atom. The number of rotatable bonds is 0. The second kappa shape index (κ2) is 9.28. The summed E-state index contributed by atoms with van der Waals surface area (Å²) in [6.07, 6.45) is 2.23. The van der Waals surface area contributed by atoms with Crippen molar-refractivity contribution in [3.05, 3.63) is 29.5 Å². The van der Waals surface area contributed by atoms with Crippen molar-refractivity contribution in [3.63, 3.8) is 0 Å². The Balaban J connectivity index is 0.000000586. The largest absolute Gasteiger partial charge is 0.508 e. The zero-order valence-corrected chi connectivity index (χ0v) is 16.1. The van der Waals surface area contributed by atoms with Crippen LogP contribution >= 0.6 is 0 Å². The van der Waals surface area contributed by atoms with E-state index in [0.717, 1.165) is 29.9 Å². The van der Waals surface area contributed by atoms with Crippen molar-refractivity contribution in [3.8, 4) is 5.75 Å². The molecule has 2 aliphatic heterocycles. The van der Waals surface area contributed by atoms with Gasteiger partial charge in [0.1, 0.15) is 17.1 Å². The van der Waals surface area contributed by atoms with Crippen LogP contribution < -0.4 is 0 Å². The van der Waals surface area contributed by atoms with Crippen LogP contribution in [0.25, 0.3) is 11.0 Å². The van der Waals surface area contributed by atoms with Crippen LogP contribution in [0.5, 0.6) is 5.75 Å². The number of furan rings is 1. The Hall–Kier alpha value is -1.48. The van der Waals surface area contributed by atoms with Gasteiger partial charge >= 0.3 is 0 Å². The number of aromatic hydroxyl groups is 1. The molecule has 0 spiro atoms. The van der Waals surface area contributed by atoms with E-state index in [1.807, 2.05) is 39.8 Å². The third-order valence-electron chi connectivity index (χ3n) is 5.15. The predicted octanol–water partition coefficient (Wildman–Crippen LogP) is 6.20. The van der Waals surface area contributed by atoms with Crippen LogP contribution in [-0.4, -0.2) is 29.1 Å². The predicted molar refractivity (Wildman–Crippen MR) is 109 cm³/mol. The van der Waals surface area contributed by atoms with Gasteiger partial charge < -0.3 is 9.52 Å².